The highest BCUT2D eigenvalue weighted by Gasteiger charge is 2.22. The van der Waals surface area contributed by atoms with Gasteiger partial charge in [-0.25, -0.2) is 0 Å². The lowest BCUT2D eigenvalue weighted by molar-refractivity contribution is 0.341. The van der Waals surface area contributed by atoms with Gasteiger partial charge in [0.15, 0.2) is 5.82 Å². The lowest BCUT2D eigenvalue weighted by atomic mass is 9.95. The predicted molar refractivity (Wildman–Crippen MR) is 126 cm³/mol. The zero-order chi connectivity index (χ0) is 21.0. The number of nitrogens with one attached hydrogen (secondary N) is 1. The topological polar surface area (TPSA) is 64.3 Å². The molecule has 2 aromatic carbocycles. The van der Waals surface area contributed by atoms with Gasteiger partial charge >= 0.3 is 0 Å². The number of fused-ring (bicyclic) bond motifs is 1. The van der Waals surface area contributed by atoms with E-state index in [2.05, 4.69) is 39.8 Å². The number of ether oxygens (including phenoxy) is 1. The zero-order valence-electron chi connectivity index (χ0n) is 17.8. The summed E-state index contributed by atoms with van der Waals surface area (Å²) in [6, 6.07) is 17.2. The molecule has 0 amide bonds. The standard InChI is InChI=1S/C24H27N5OS/c1-2-30-22-11-7-6-10-20(22)23-26-27-24-29(23)28-21(16-31-24)17-12-14-19(15-13-17)25-18-8-4-3-5-9-18/h6-7,10-15,18,25H,2-5,8-9,16H2,1H3. The molecule has 31 heavy (non-hydrogen) atoms. The van der Waals surface area contributed by atoms with Gasteiger partial charge in [0.05, 0.1) is 17.9 Å². The van der Waals surface area contributed by atoms with E-state index < -0.39 is 0 Å². The largest absolute Gasteiger partial charge is 0.493 e. The van der Waals surface area contributed by atoms with Crippen molar-refractivity contribution < 1.29 is 4.74 Å². The van der Waals surface area contributed by atoms with Crippen molar-refractivity contribution in [2.75, 3.05) is 17.7 Å². The van der Waals surface area contributed by atoms with Crippen LogP contribution in [0.5, 0.6) is 5.75 Å². The number of nitrogens with zero attached hydrogens (tertiary/aromatic N) is 4. The molecule has 1 aromatic heterocycles. The minimum Gasteiger partial charge on any atom is -0.493 e. The van der Waals surface area contributed by atoms with Gasteiger partial charge in [0.25, 0.3) is 0 Å². The van der Waals surface area contributed by atoms with Gasteiger partial charge in [0.2, 0.25) is 5.16 Å². The van der Waals surface area contributed by atoms with Crippen molar-refractivity contribution in [2.45, 2.75) is 50.2 Å². The van der Waals surface area contributed by atoms with Crippen LogP contribution in [0.4, 0.5) is 5.69 Å². The molecule has 160 valence electrons. The van der Waals surface area contributed by atoms with Crippen LogP contribution in [0.2, 0.25) is 0 Å². The first kappa shape index (κ1) is 20.1. The van der Waals surface area contributed by atoms with E-state index in [9.17, 15) is 0 Å². The van der Waals surface area contributed by atoms with E-state index >= 15 is 0 Å². The van der Waals surface area contributed by atoms with Crippen molar-refractivity contribution in [1.29, 1.82) is 0 Å². The van der Waals surface area contributed by atoms with Crippen LogP contribution in [0, 0.1) is 0 Å². The highest BCUT2D eigenvalue weighted by molar-refractivity contribution is 7.99. The number of hydrogen-bond donors (Lipinski definition) is 1. The smallest absolute Gasteiger partial charge is 0.212 e. The van der Waals surface area contributed by atoms with Gasteiger partial charge in [0.1, 0.15) is 5.75 Å². The maximum Gasteiger partial charge on any atom is 0.212 e. The van der Waals surface area contributed by atoms with Crippen LogP contribution in [-0.2, 0) is 0 Å². The molecule has 1 saturated carbocycles. The Labute approximate surface area is 187 Å². The summed E-state index contributed by atoms with van der Waals surface area (Å²) in [5.74, 6) is 2.28. The minimum atomic E-state index is 0.600. The third kappa shape index (κ3) is 4.32. The van der Waals surface area contributed by atoms with Gasteiger partial charge < -0.3 is 10.1 Å². The van der Waals surface area contributed by atoms with Crippen LogP contribution in [0.25, 0.3) is 11.4 Å². The van der Waals surface area contributed by atoms with Crippen molar-refractivity contribution >= 4 is 23.2 Å². The second-order valence-corrected chi connectivity index (χ2v) is 8.88. The highest BCUT2D eigenvalue weighted by Crippen LogP contribution is 2.33. The van der Waals surface area contributed by atoms with E-state index in [0.29, 0.717) is 18.5 Å². The number of para-hydroxylation sites is 1. The molecule has 1 aliphatic carbocycles. The Bertz CT molecular complexity index is 1070. The molecular weight excluding hydrogens is 406 g/mol. The molecule has 0 saturated heterocycles. The van der Waals surface area contributed by atoms with Crippen molar-refractivity contribution in [3.05, 3.63) is 54.1 Å². The number of anilines is 1. The summed E-state index contributed by atoms with van der Waals surface area (Å²) in [6.45, 7) is 2.58. The second kappa shape index (κ2) is 9.14. The van der Waals surface area contributed by atoms with Gasteiger partial charge in [0, 0.05) is 17.5 Å². The Morgan fingerprint density at radius 1 is 1.03 bits per heavy atom. The predicted octanol–water partition coefficient (Wildman–Crippen LogP) is 5.45. The molecule has 1 fully saturated rings. The van der Waals surface area contributed by atoms with Crippen LogP contribution in [-0.4, -0.2) is 39.0 Å². The molecule has 5 rings (SSSR count). The average Bonchev–Trinajstić information content (AvgIpc) is 3.24. The molecule has 0 atom stereocenters. The summed E-state index contributed by atoms with van der Waals surface area (Å²) in [6.07, 6.45) is 6.58. The normalized spacial score (nSPS) is 16.5. The van der Waals surface area contributed by atoms with E-state index in [1.807, 2.05) is 35.9 Å². The fourth-order valence-electron chi connectivity index (χ4n) is 4.21. The molecule has 1 aliphatic heterocycles. The first-order valence-electron chi connectivity index (χ1n) is 11.1. The van der Waals surface area contributed by atoms with Crippen LogP contribution < -0.4 is 10.1 Å². The molecule has 0 unspecified atom stereocenters. The van der Waals surface area contributed by atoms with Crippen molar-refractivity contribution in [3.8, 4) is 17.1 Å². The molecule has 0 bridgehead atoms. The third-order valence-corrected chi connectivity index (χ3v) is 6.72. The Morgan fingerprint density at radius 3 is 2.65 bits per heavy atom. The molecule has 1 N–H and O–H groups in total. The van der Waals surface area contributed by atoms with Crippen molar-refractivity contribution in [3.63, 3.8) is 0 Å². The number of aromatic nitrogens is 3. The van der Waals surface area contributed by atoms with Crippen LogP contribution in [0.3, 0.4) is 0 Å². The molecule has 2 aliphatic rings. The van der Waals surface area contributed by atoms with E-state index in [-0.39, 0.29) is 0 Å². The molecule has 2 heterocycles. The maximum atomic E-state index is 5.80. The lowest BCUT2D eigenvalue weighted by Gasteiger charge is -2.24. The zero-order valence-corrected chi connectivity index (χ0v) is 18.6. The fraction of sp³-hybridized carbons (Fsp3) is 0.375. The first-order valence-corrected chi connectivity index (χ1v) is 12.1. The number of rotatable bonds is 6. The minimum absolute atomic E-state index is 0.600. The van der Waals surface area contributed by atoms with Gasteiger partial charge in [-0.3, -0.25) is 0 Å². The summed E-state index contributed by atoms with van der Waals surface area (Å²) in [5.41, 5.74) is 4.25. The van der Waals surface area contributed by atoms with Crippen LogP contribution >= 0.6 is 11.8 Å². The lowest BCUT2D eigenvalue weighted by Crippen LogP contribution is -2.22. The Balaban J connectivity index is 1.40. The van der Waals surface area contributed by atoms with E-state index in [1.54, 1.807) is 11.8 Å². The summed E-state index contributed by atoms with van der Waals surface area (Å²) in [7, 11) is 0. The van der Waals surface area contributed by atoms with Gasteiger partial charge in [-0.2, -0.15) is 9.78 Å². The monoisotopic (exact) mass is 433 g/mol. The van der Waals surface area contributed by atoms with E-state index in [4.69, 9.17) is 9.84 Å². The van der Waals surface area contributed by atoms with Crippen LogP contribution in [0.1, 0.15) is 44.6 Å². The summed E-state index contributed by atoms with van der Waals surface area (Å²) < 4.78 is 7.64. The maximum absolute atomic E-state index is 5.80. The van der Waals surface area contributed by atoms with Crippen molar-refractivity contribution in [2.24, 2.45) is 5.10 Å². The first-order chi connectivity index (χ1) is 15.3. The molecule has 0 spiro atoms. The number of hydrogen-bond acceptors (Lipinski definition) is 6. The van der Waals surface area contributed by atoms with E-state index in [1.165, 1.54) is 37.8 Å². The number of benzene rings is 2. The highest BCUT2D eigenvalue weighted by atomic mass is 32.2. The Kier molecular flexibility index (Phi) is 5.93. The number of thioether (sulfide) groups is 1. The Hall–Kier alpha value is -2.80. The van der Waals surface area contributed by atoms with Gasteiger partial charge in [-0.15, -0.1) is 10.2 Å². The molecule has 7 heteroatoms. The fourth-order valence-corrected chi connectivity index (χ4v) is 5.05. The van der Waals surface area contributed by atoms with E-state index in [0.717, 1.165) is 33.5 Å². The molecule has 0 radical (unpaired) electrons. The SMILES string of the molecule is CCOc1ccccc1-c1nnc2n1N=C(c1ccc(NC3CCCCC3)cc1)CS2. The van der Waals surface area contributed by atoms with Crippen molar-refractivity contribution in [1.82, 2.24) is 14.9 Å². The molecule has 6 nitrogen and oxygen atoms in total. The summed E-state index contributed by atoms with van der Waals surface area (Å²) in [4.78, 5) is 0. The van der Waals surface area contributed by atoms with Gasteiger partial charge in [-0.05, 0) is 49.6 Å². The van der Waals surface area contributed by atoms with Crippen LogP contribution in [0.15, 0.2) is 58.8 Å². The third-order valence-electron chi connectivity index (χ3n) is 5.79. The second-order valence-electron chi connectivity index (χ2n) is 7.94. The summed E-state index contributed by atoms with van der Waals surface area (Å²) in [5, 5.41) is 18.2. The molecular formula is C24H27N5OS. The van der Waals surface area contributed by atoms with Gasteiger partial charge in [-0.1, -0.05) is 55.3 Å². The summed E-state index contributed by atoms with van der Waals surface area (Å²) >= 11 is 1.66. The Morgan fingerprint density at radius 2 is 1.84 bits per heavy atom. The average molecular weight is 434 g/mol. The molecule has 3 aromatic rings. The quantitative estimate of drug-likeness (QED) is 0.560.